The van der Waals surface area contributed by atoms with Crippen molar-refractivity contribution >= 4 is 16.9 Å². The molecule has 1 heterocycles. The van der Waals surface area contributed by atoms with Crippen molar-refractivity contribution in [2.24, 2.45) is 0 Å². The summed E-state index contributed by atoms with van der Waals surface area (Å²) in [5.41, 5.74) is 1.09. The van der Waals surface area contributed by atoms with Crippen molar-refractivity contribution in [3.8, 4) is 0 Å². The van der Waals surface area contributed by atoms with Crippen LogP contribution >= 0.6 is 11.8 Å². The fourth-order valence-corrected chi connectivity index (χ4v) is 2.10. The highest BCUT2D eigenvalue weighted by molar-refractivity contribution is 8.14. The molecule has 3 N–H and O–H groups in total. The summed E-state index contributed by atoms with van der Waals surface area (Å²) >= 11 is 1.14. The van der Waals surface area contributed by atoms with Gasteiger partial charge in [0.2, 0.25) is 5.12 Å². The van der Waals surface area contributed by atoms with E-state index in [0.29, 0.717) is 17.0 Å². The minimum atomic E-state index is -0.0553. The van der Waals surface area contributed by atoms with Gasteiger partial charge in [0.25, 0.3) is 0 Å². The van der Waals surface area contributed by atoms with Crippen LogP contribution in [0.3, 0.4) is 0 Å². The zero-order valence-corrected chi connectivity index (χ0v) is 9.19. The Labute approximate surface area is 88.3 Å². The third-order valence-corrected chi connectivity index (χ3v) is 2.99. The first-order chi connectivity index (χ1) is 6.66. The van der Waals surface area contributed by atoms with Gasteiger partial charge in [0.15, 0.2) is 0 Å². The fraction of sp³-hybridized carbons (Fsp3) is 0.500. The number of allylic oxidation sites excluding steroid dienone is 1. The first-order valence-corrected chi connectivity index (χ1v) is 5.77. The van der Waals surface area contributed by atoms with E-state index in [2.05, 4.69) is 13.5 Å². The molecule has 0 spiro atoms. The van der Waals surface area contributed by atoms with E-state index in [1.165, 1.54) is 0 Å². The number of carbonyl (C=O) groups excluding carboxylic acids is 1. The van der Waals surface area contributed by atoms with E-state index in [1.807, 2.05) is 5.32 Å². The lowest BCUT2D eigenvalue weighted by molar-refractivity contribution is -0.602. The average molecular weight is 214 g/mol. The summed E-state index contributed by atoms with van der Waals surface area (Å²) in [4.78, 5) is 11.3. The molecule has 0 unspecified atom stereocenters. The highest BCUT2D eigenvalue weighted by atomic mass is 32.2. The Bertz CT molecular complexity index is 284. The van der Waals surface area contributed by atoms with E-state index in [9.17, 15) is 9.90 Å². The quantitative estimate of drug-likeness (QED) is 0.670. The van der Waals surface area contributed by atoms with E-state index in [0.717, 1.165) is 31.1 Å². The SMILES string of the molecule is C=C([NH2+]CCCC)C1=C(O)CSC1=O. The zero-order chi connectivity index (χ0) is 10.6. The molecule has 0 fully saturated rings. The van der Waals surface area contributed by atoms with Crippen molar-refractivity contribution in [1.82, 2.24) is 0 Å². The smallest absolute Gasteiger partial charge is 0.229 e. The molecule has 4 heteroatoms. The van der Waals surface area contributed by atoms with Gasteiger partial charge in [-0.05, 0) is 13.0 Å². The number of hydrogen-bond acceptors (Lipinski definition) is 3. The van der Waals surface area contributed by atoms with Gasteiger partial charge in [-0.15, -0.1) is 0 Å². The van der Waals surface area contributed by atoms with Crippen molar-refractivity contribution in [3.05, 3.63) is 23.6 Å². The van der Waals surface area contributed by atoms with Gasteiger partial charge in [-0.25, -0.2) is 0 Å². The molecular weight excluding hydrogens is 198 g/mol. The molecule has 0 bridgehead atoms. The van der Waals surface area contributed by atoms with Crippen LogP contribution in [0.5, 0.6) is 0 Å². The first-order valence-electron chi connectivity index (χ1n) is 4.78. The van der Waals surface area contributed by atoms with Crippen LogP contribution in [0.25, 0.3) is 0 Å². The van der Waals surface area contributed by atoms with Crippen molar-refractivity contribution in [3.63, 3.8) is 0 Å². The third kappa shape index (κ3) is 2.62. The highest BCUT2D eigenvalue weighted by Crippen LogP contribution is 2.26. The van der Waals surface area contributed by atoms with Crippen LogP contribution in [-0.2, 0) is 4.79 Å². The average Bonchev–Trinajstić information content (AvgIpc) is 2.46. The highest BCUT2D eigenvalue weighted by Gasteiger charge is 2.27. The molecule has 0 saturated heterocycles. The lowest BCUT2D eigenvalue weighted by Crippen LogP contribution is -2.82. The van der Waals surface area contributed by atoms with Gasteiger partial charge in [-0.2, -0.15) is 0 Å². The standard InChI is InChI=1S/C10H15NO2S/c1-3-4-5-11-7(2)9-8(12)6-14-10(9)13/h11-12H,2-6H2,1H3/p+1. The molecule has 0 aromatic carbocycles. The van der Waals surface area contributed by atoms with Gasteiger partial charge in [0.1, 0.15) is 17.0 Å². The Morgan fingerprint density at radius 2 is 2.43 bits per heavy atom. The lowest BCUT2D eigenvalue weighted by Gasteiger charge is -2.03. The minimum Gasteiger partial charge on any atom is -0.510 e. The van der Waals surface area contributed by atoms with Crippen molar-refractivity contribution < 1.29 is 15.2 Å². The van der Waals surface area contributed by atoms with E-state index < -0.39 is 0 Å². The number of nitrogens with two attached hydrogens (primary N) is 1. The maximum absolute atomic E-state index is 11.3. The first kappa shape index (κ1) is 11.3. The maximum atomic E-state index is 11.3. The number of quaternary nitrogens is 1. The molecule has 0 amide bonds. The van der Waals surface area contributed by atoms with Gasteiger partial charge in [-0.1, -0.05) is 25.1 Å². The van der Waals surface area contributed by atoms with Crippen molar-refractivity contribution in [2.75, 3.05) is 12.3 Å². The number of carbonyl (C=O) groups is 1. The van der Waals surface area contributed by atoms with E-state index in [-0.39, 0.29) is 10.9 Å². The molecule has 0 aromatic rings. The summed E-state index contributed by atoms with van der Waals surface area (Å²) in [7, 11) is 0. The summed E-state index contributed by atoms with van der Waals surface area (Å²) in [5.74, 6) is 0.576. The molecule has 1 aliphatic heterocycles. The Morgan fingerprint density at radius 3 is 2.93 bits per heavy atom. The molecule has 78 valence electrons. The maximum Gasteiger partial charge on any atom is 0.229 e. The van der Waals surface area contributed by atoms with Gasteiger partial charge < -0.3 is 10.4 Å². The second-order valence-electron chi connectivity index (χ2n) is 3.27. The van der Waals surface area contributed by atoms with Gasteiger partial charge in [0, 0.05) is 0 Å². The summed E-state index contributed by atoms with van der Waals surface area (Å²) in [6, 6.07) is 0. The van der Waals surface area contributed by atoms with Gasteiger partial charge in [-0.3, -0.25) is 4.79 Å². The summed E-state index contributed by atoms with van der Waals surface area (Å²) in [6.45, 7) is 6.84. The second kappa shape index (κ2) is 5.22. The number of aliphatic hydroxyl groups excluding tert-OH is 1. The molecule has 0 saturated carbocycles. The topological polar surface area (TPSA) is 53.9 Å². The predicted molar refractivity (Wildman–Crippen MR) is 58.0 cm³/mol. The number of thioether (sulfide) groups is 1. The van der Waals surface area contributed by atoms with Crippen LogP contribution in [0.4, 0.5) is 0 Å². The van der Waals surface area contributed by atoms with E-state index in [4.69, 9.17) is 0 Å². The Hall–Kier alpha value is -0.740. The second-order valence-corrected chi connectivity index (χ2v) is 4.22. The Balaban J connectivity index is 2.52. The van der Waals surface area contributed by atoms with Crippen molar-refractivity contribution in [2.45, 2.75) is 19.8 Å². The molecule has 0 aliphatic carbocycles. The minimum absolute atomic E-state index is 0.0553. The Kier molecular flexibility index (Phi) is 4.22. The van der Waals surface area contributed by atoms with Crippen LogP contribution in [0.15, 0.2) is 23.6 Å². The molecule has 1 rings (SSSR count). The van der Waals surface area contributed by atoms with Crippen LogP contribution in [0.1, 0.15) is 19.8 Å². The molecule has 0 aromatic heterocycles. The monoisotopic (exact) mass is 214 g/mol. The van der Waals surface area contributed by atoms with Crippen LogP contribution < -0.4 is 5.32 Å². The molecule has 14 heavy (non-hydrogen) atoms. The number of hydrogen-bond donors (Lipinski definition) is 2. The van der Waals surface area contributed by atoms with E-state index >= 15 is 0 Å². The molecule has 0 atom stereocenters. The number of aliphatic hydroxyl groups is 1. The Morgan fingerprint density at radius 1 is 1.71 bits per heavy atom. The van der Waals surface area contributed by atoms with E-state index in [1.54, 1.807) is 0 Å². The summed E-state index contributed by atoms with van der Waals surface area (Å²) in [5, 5.41) is 11.3. The normalized spacial score (nSPS) is 16.5. The third-order valence-electron chi connectivity index (χ3n) is 2.10. The van der Waals surface area contributed by atoms with Crippen LogP contribution in [-0.4, -0.2) is 22.5 Å². The zero-order valence-electron chi connectivity index (χ0n) is 8.38. The van der Waals surface area contributed by atoms with Gasteiger partial charge in [0.05, 0.1) is 12.3 Å². The fourth-order valence-electron chi connectivity index (χ4n) is 1.29. The number of unbranched alkanes of at least 4 members (excludes halogenated alkanes) is 1. The largest absolute Gasteiger partial charge is 0.510 e. The van der Waals surface area contributed by atoms with Crippen LogP contribution in [0, 0.1) is 0 Å². The lowest BCUT2D eigenvalue weighted by atomic mass is 10.2. The van der Waals surface area contributed by atoms with Crippen LogP contribution in [0.2, 0.25) is 0 Å². The molecule has 1 aliphatic rings. The summed E-state index contributed by atoms with van der Waals surface area (Å²) in [6.07, 6.45) is 2.21. The van der Waals surface area contributed by atoms with Crippen molar-refractivity contribution in [1.29, 1.82) is 0 Å². The number of rotatable bonds is 5. The van der Waals surface area contributed by atoms with Gasteiger partial charge >= 0.3 is 0 Å². The molecule has 0 radical (unpaired) electrons. The predicted octanol–water partition coefficient (Wildman–Crippen LogP) is 0.949. The molecular formula is C10H16NO2S+. The molecule has 3 nitrogen and oxygen atoms in total. The summed E-state index contributed by atoms with van der Waals surface area (Å²) < 4.78 is 0.